The lowest BCUT2D eigenvalue weighted by molar-refractivity contribution is 0.392. The van der Waals surface area contributed by atoms with Gasteiger partial charge in [0.25, 0.3) is 0 Å². The van der Waals surface area contributed by atoms with E-state index in [1.54, 1.807) is 7.11 Å². The molecular weight excluding hydrogens is 317 g/mol. The summed E-state index contributed by atoms with van der Waals surface area (Å²) < 4.78 is 5.61. The van der Waals surface area contributed by atoms with Crippen molar-refractivity contribution in [2.75, 3.05) is 14.2 Å². The fraction of sp³-hybridized carbons (Fsp3) is 0.333. The second-order valence-electron chi connectivity index (χ2n) is 5.68. The first-order valence-electron chi connectivity index (χ1n) is 7.42. The SMILES string of the molecule is CN[C@@H]1Cc2cccc(OC)c2[C@H](c2ccc(Cl)c(Cl)c2)C1. The molecule has 1 aliphatic rings. The lowest BCUT2D eigenvalue weighted by atomic mass is 9.76. The standard InChI is InChI=1S/C18H19Cl2NO/c1-21-13-8-12-4-3-5-17(22-2)18(12)14(10-13)11-6-7-15(19)16(20)9-11/h3-7,9,13-14,21H,8,10H2,1-2H3/t13-,14+/m1/s1. The Balaban J connectivity index is 2.12. The van der Waals surface area contributed by atoms with Crippen LogP contribution >= 0.6 is 23.2 Å². The van der Waals surface area contributed by atoms with Crippen molar-refractivity contribution in [2.45, 2.75) is 24.8 Å². The van der Waals surface area contributed by atoms with Crippen LogP contribution in [-0.4, -0.2) is 20.2 Å². The van der Waals surface area contributed by atoms with Crippen LogP contribution in [0.1, 0.15) is 29.0 Å². The summed E-state index contributed by atoms with van der Waals surface area (Å²) in [6.07, 6.45) is 2.03. The maximum absolute atomic E-state index is 6.23. The quantitative estimate of drug-likeness (QED) is 0.880. The van der Waals surface area contributed by atoms with E-state index in [1.165, 1.54) is 16.7 Å². The summed E-state index contributed by atoms with van der Waals surface area (Å²) in [7, 11) is 3.74. The second-order valence-corrected chi connectivity index (χ2v) is 6.50. The molecule has 0 radical (unpaired) electrons. The molecule has 0 fully saturated rings. The number of fused-ring (bicyclic) bond motifs is 1. The van der Waals surface area contributed by atoms with Crippen LogP contribution in [0.15, 0.2) is 36.4 Å². The van der Waals surface area contributed by atoms with Crippen LogP contribution in [0.25, 0.3) is 0 Å². The molecule has 0 spiro atoms. The number of hydrogen-bond acceptors (Lipinski definition) is 2. The van der Waals surface area contributed by atoms with E-state index in [-0.39, 0.29) is 5.92 Å². The lowest BCUT2D eigenvalue weighted by Gasteiger charge is -2.33. The van der Waals surface area contributed by atoms with Crippen molar-refractivity contribution in [1.29, 1.82) is 0 Å². The Labute approximate surface area is 141 Å². The molecule has 4 heteroatoms. The number of ether oxygens (including phenoxy) is 1. The number of methoxy groups -OCH3 is 1. The zero-order valence-corrected chi connectivity index (χ0v) is 14.2. The van der Waals surface area contributed by atoms with Gasteiger partial charge in [-0.15, -0.1) is 0 Å². The third-order valence-electron chi connectivity index (χ3n) is 4.47. The summed E-state index contributed by atoms with van der Waals surface area (Å²) in [5.74, 6) is 1.20. The van der Waals surface area contributed by atoms with Gasteiger partial charge in [0.15, 0.2) is 0 Å². The van der Waals surface area contributed by atoms with Crippen LogP contribution in [0, 0.1) is 0 Å². The third-order valence-corrected chi connectivity index (χ3v) is 5.20. The predicted octanol–water partition coefficient (Wildman–Crippen LogP) is 4.67. The molecule has 0 saturated carbocycles. The van der Waals surface area contributed by atoms with Crippen molar-refractivity contribution < 1.29 is 4.74 Å². The highest BCUT2D eigenvalue weighted by Crippen LogP contribution is 2.42. The van der Waals surface area contributed by atoms with Gasteiger partial charge >= 0.3 is 0 Å². The van der Waals surface area contributed by atoms with Gasteiger partial charge in [0.05, 0.1) is 17.2 Å². The van der Waals surface area contributed by atoms with Gasteiger partial charge in [-0.3, -0.25) is 0 Å². The van der Waals surface area contributed by atoms with Crippen molar-refractivity contribution >= 4 is 23.2 Å². The summed E-state index contributed by atoms with van der Waals surface area (Å²) in [6.45, 7) is 0. The van der Waals surface area contributed by atoms with Crippen LogP contribution in [0.4, 0.5) is 0 Å². The van der Waals surface area contributed by atoms with E-state index in [2.05, 4.69) is 23.5 Å². The summed E-state index contributed by atoms with van der Waals surface area (Å²) in [5.41, 5.74) is 3.79. The van der Waals surface area contributed by atoms with Crippen molar-refractivity contribution in [3.8, 4) is 5.75 Å². The number of nitrogens with one attached hydrogen (secondary N) is 1. The zero-order valence-electron chi connectivity index (χ0n) is 12.7. The molecule has 0 aromatic heterocycles. The molecule has 3 rings (SSSR count). The van der Waals surface area contributed by atoms with Crippen LogP contribution < -0.4 is 10.1 Å². The van der Waals surface area contributed by atoms with E-state index in [1.807, 2.05) is 25.2 Å². The van der Waals surface area contributed by atoms with Gasteiger partial charge in [-0.1, -0.05) is 41.4 Å². The van der Waals surface area contributed by atoms with Crippen LogP contribution in [-0.2, 0) is 6.42 Å². The normalized spacial score (nSPS) is 20.5. The zero-order chi connectivity index (χ0) is 15.7. The molecule has 0 saturated heterocycles. The molecule has 116 valence electrons. The number of halogens is 2. The predicted molar refractivity (Wildman–Crippen MR) is 92.5 cm³/mol. The van der Waals surface area contributed by atoms with Crippen molar-refractivity contribution in [2.24, 2.45) is 0 Å². The average Bonchev–Trinajstić information content (AvgIpc) is 2.55. The topological polar surface area (TPSA) is 21.3 Å². The van der Waals surface area contributed by atoms with E-state index in [9.17, 15) is 0 Å². The Morgan fingerprint density at radius 3 is 2.64 bits per heavy atom. The molecule has 0 aliphatic heterocycles. The lowest BCUT2D eigenvalue weighted by Crippen LogP contribution is -2.34. The molecule has 22 heavy (non-hydrogen) atoms. The van der Waals surface area contributed by atoms with Gasteiger partial charge < -0.3 is 10.1 Å². The molecule has 0 heterocycles. The Hall–Kier alpha value is -1.22. The van der Waals surface area contributed by atoms with Gasteiger partial charge in [0.1, 0.15) is 5.75 Å². The first-order valence-corrected chi connectivity index (χ1v) is 8.17. The van der Waals surface area contributed by atoms with Crippen LogP contribution in [0.2, 0.25) is 10.0 Å². The first kappa shape index (κ1) is 15.7. The summed E-state index contributed by atoms with van der Waals surface area (Å²) in [4.78, 5) is 0. The molecule has 0 bridgehead atoms. The monoisotopic (exact) mass is 335 g/mol. The summed E-state index contributed by atoms with van der Waals surface area (Å²) >= 11 is 12.3. The van der Waals surface area contributed by atoms with E-state index >= 15 is 0 Å². The number of benzene rings is 2. The largest absolute Gasteiger partial charge is 0.496 e. The average molecular weight is 336 g/mol. The van der Waals surface area contributed by atoms with Crippen molar-refractivity contribution in [3.63, 3.8) is 0 Å². The molecular formula is C18H19Cl2NO. The van der Waals surface area contributed by atoms with Crippen molar-refractivity contribution in [3.05, 3.63) is 63.1 Å². The summed E-state index contributed by atoms with van der Waals surface area (Å²) in [6, 6.07) is 12.6. The Morgan fingerprint density at radius 1 is 1.14 bits per heavy atom. The fourth-order valence-electron chi connectivity index (χ4n) is 3.34. The molecule has 1 aliphatic carbocycles. The number of rotatable bonds is 3. The highest BCUT2D eigenvalue weighted by molar-refractivity contribution is 6.42. The number of likely N-dealkylation sites (N-methyl/N-ethyl adjacent to an activating group) is 1. The maximum atomic E-state index is 6.23. The molecule has 2 atom stereocenters. The van der Waals surface area contributed by atoms with Gasteiger partial charge in [-0.2, -0.15) is 0 Å². The maximum Gasteiger partial charge on any atom is 0.122 e. The van der Waals surface area contributed by atoms with Gasteiger partial charge in [-0.05, 0) is 49.2 Å². The van der Waals surface area contributed by atoms with Crippen LogP contribution in [0.5, 0.6) is 5.75 Å². The molecule has 1 N–H and O–H groups in total. The van der Waals surface area contributed by atoms with E-state index in [0.717, 1.165) is 18.6 Å². The van der Waals surface area contributed by atoms with E-state index < -0.39 is 0 Å². The first-order chi connectivity index (χ1) is 10.6. The molecule has 0 amide bonds. The van der Waals surface area contributed by atoms with Crippen molar-refractivity contribution in [1.82, 2.24) is 5.32 Å². The van der Waals surface area contributed by atoms with E-state index in [4.69, 9.17) is 27.9 Å². The smallest absolute Gasteiger partial charge is 0.122 e. The van der Waals surface area contributed by atoms with Gasteiger partial charge in [-0.25, -0.2) is 0 Å². The molecule has 2 aromatic carbocycles. The fourth-order valence-corrected chi connectivity index (χ4v) is 3.65. The summed E-state index contributed by atoms with van der Waals surface area (Å²) in [5, 5.41) is 4.60. The Kier molecular flexibility index (Phi) is 4.62. The molecule has 0 unspecified atom stereocenters. The molecule has 2 nitrogen and oxygen atoms in total. The van der Waals surface area contributed by atoms with Crippen LogP contribution in [0.3, 0.4) is 0 Å². The minimum Gasteiger partial charge on any atom is -0.496 e. The highest BCUT2D eigenvalue weighted by atomic mass is 35.5. The van der Waals surface area contributed by atoms with E-state index in [0.29, 0.717) is 16.1 Å². The van der Waals surface area contributed by atoms with Gasteiger partial charge in [0.2, 0.25) is 0 Å². The highest BCUT2D eigenvalue weighted by Gasteiger charge is 2.30. The van der Waals surface area contributed by atoms with Gasteiger partial charge in [0, 0.05) is 17.5 Å². The number of hydrogen-bond donors (Lipinski definition) is 1. The molecule has 2 aromatic rings. The Bertz CT molecular complexity index is 687. The third kappa shape index (κ3) is 2.83. The minimum atomic E-state index is 0.257. The minimum absolute atomic E-state index is 0.257. The Morgan fingerprint density at radius 2 is 1.95 bits per heavy atom. The second kappa shape index (κ2) is 6.49.